The smallest absolute Gasteiger partial charge is 0.185 e. The molecule has 1 aliphatic carbocycles. The van der Waals surface area contributed by atoms with Crippen LogP contribution in [0.4, 0.5) is 5.13 Å². The maximum absolute atomic E-state index is 4.83. The van der Waals surface area contributed by atoms with Crippen molar-refractivity contribution in [2.45, 2.75) is 46.1 Å². The van der Waals surface area contributed by atoms with Crippen molar-refractivity contribution in [3.05, 3.63) is 10.6 Å². The number of hydrogen-bond acceptors (Lipinski definition) is 4. The molecule has 3 nitrogen and oxygen atoms in total. The zero-order chi connectivity index (χ0) is 12.3. The Labute approximate surface area is 108 Å². The summed E-state index contributed by atoms with van der Waals surface area (Å²) in [6.07, 6.45) is 3.70. The fraction of sp³-hybridized carbons (Fsp3) is 0.769. The molecule has 4 heteroatoms. The fourth-order valence-electron chi connectivity index (χ4n) is 2.48. The van der Waals surface area contributed by atoms with Gasteiger partial charge in [0.25, 0.3) is 0 Å². The molecule has 0 saturated carbocycles. The average Bonchev–Trinajstić information content (AvgIpc) is 2.76. The molecule has 0 aliphatic heterocycles. The van der Waals surface area contributed by atoms with Gasteiger partial charge in [0.15, 0.2) is 5.13 Å². The van der Waals surface area contributed by atoms with E-state index in [2.05, 4.69) is 31.0 Å². The molecule has 1 aromatic heterocycles. The summed E-state index contributed by atoms with van der Waals surface area (Å²) in [7, 11) is 0. The number of anilines is 1. The van der Waals surface area contributed by atoms with E-state index < -0.39 is 0 Å². The Bertz CT molecular complexity index is 358. The number of nitrogens with one attached hydrogen (secondary N) is 1. The number of nitrogens with zero attached hydrogens (tertiary/aromatic N) is 2. The maximum Gasteiger partial charge on any atom is 0.185 e. The van der Waals surface area contributed by atoms with Crippen LogP contribution in [-0.2, 0) is 6.42 Å². The molecule has 0 aromatic carbocycles. The molecule has 0 amide bonds. The lowest BCUT2D eigenvalue weighted by molar-refractivity contribution is 0.476. The minimum atomic E-state index is 0.547. The Morgan fingerprint density at radius 2 is 2.12 bits per heavy atom. The summed E-state index contributed by atoms with van der Waals surface area (Å²) in [4.78, 5) is 8.67. The lowest BCUT2D eigenvalue weighted by Gasteiger charge is -2.21. The molecule has 0 fully saturated rings. The first-order valence-electron chi connectivity index (χ1n) is 6.78. The highest BCUT2D eigenvalue weighted by Gasteiger charge is 2.24. The van der Waals surface area contributed by atoms with Crippen LogP contribution in [0.3, 0.4) is 0 Å². The van der Waals surface area contributed by atoms with Crippen molar-refractivity contribution in [2.24, 2.45) is 0 Å². The number of fused-ring (bicyclic) bond motifs is 1. The largest absolute Gasteiger partial charge is 0.349 e. The second kappa shape index (κ2) is 5.83. The van der Waals surface area contributed by atoms with E-state index in [1.807, 2.05) is 11.3 Å². The normalized spacial score (nSPS) is 19.1. The first-order valence-corrected chi connectivity index (χ1v) is 7.59. The minimum Gasteiger partial charge on any atom is -0.349 e. The quantitative estimate of drug-likeness (QED) is 0.874. The van der Waals surface area contributed by atoms with Crippen LogP contribution in [0.15, 0.2) is 0 Å². The third-order valence-electron chi connectivity index (χ3n) is 3.42. The number of thiazole rings is 1. The van der Waals surface area contributed by atoms with Crippen molar-refractivity contribution >= 4 is 16.5 Å². The molecule has 0 radical (unpaired) electrons. The highest BCUT2D eigenvalue weighted by atomic mass is 32.1. The Balaban J connectivity index is 2.23. The van der Waals surface area contributed by atoms with Crippen LogP contribution in [0.25, 0.3) is 0 Å². The summed E-state index contributed by atoms with van der Waals surface area (Å²) < 4.78 is 0. The molecule has 0 saturated heterocycles. The molecule has 1 heterocycles. The summed E-state index contributed by atoms with van der Waals surface area (Å²) in [5, 5.41) is 4.79. The highest BCUT2D eigenvalue weighted by Crippen LogP contribution is 2.37. The zero-order valence-electron chi connectivity index (χ0n) is 11.1. The monoisotopic (exact) mass is 253 g/mol. The molecule has 1 aromatic rings. The third kappa shape index (κ3) is 2.63. The summed E-state index contributed by atoms with van der Waals surface area (Å²) in [5.74, 6) is 0. The van der Waals surface area contributed by atoms with E-state index >= 15 is 0 Å². The van der Waals surface area contributed by atoms with Crippen molar-refractivity contribution in [3.63, 3.8) is 0 Å². The van der Waals surface area contributed by atoms with Crippen molar-refractivity contribution in [3.8, 4) is 0 Å². The van der Waals surface area contributed by atoms with Crippen molar-refractivity contribution in [2.75, 3.05) is 24.5 Å². The zero-order valence-corrected chi connectivity index (χ0v) is 11.9. The SMILES string of the molecule is CCNC1CCCc2nc(N(CC)CC)sc21. The number of aromatic nitrogens is 1. The van der Waals surface area contributed by atoms with Crippen LogP contribution < -0.4 is 10.2 Å². The van der Waals surface area contributed by atoms with Gasteiger partial charge >= 0.3 is 0 Å². The molecule has 0 spiro atoms. The number of hydrogen-bond donors (Lipinski definition) is 1. The van der Waals surface area contributed by atoms with E-state index in [9.17, 15) is 0 Å². The van der Waals surface area contributed by atoms with Gasteiger partial charge in [-0.05, 0) is 39.7 Å². The van der Waals surface area contributed by atoms with Crippen LogP contribution in [0.1, 0.15) is 50.2 Å². The van der Waals surface area contributed by atoms with E-state index in [-0.39, 0.29) is 0 Å². The van der Waals surface area contributed by atoms with Crippen LogP contribution in [0.2, 0.25) is 0 Å². The maximum atomic E-state index is 4.83. The summed E-state index contributed by atoms with van der Waals surface area (Å²) in [6.45, 7) is 9.73. The summed E-state index contributed by atoms with van der Waals surface area (Å²) in [6, 6.07) is 0.547. The average molecular weight is 253 g/mol. The Morgan fingerprint density at radius 3 is 2.76 bits per heavy atom. The second-order valence-electron chi connectivity index (χ2n) is 4.48. The fourth-order valence-corrected chi connectivity index (χ4v) is 3.83. The Morgan fingerprint density at radius 1 is 1.35 bits per heavy atom. The van der Waals surface area contributed by atoms with Gasteiger partial charge in [0, 0.05) is 24.0 Å². The molecule has 2 rings (SSSR count). The Kier molecular flexibility index (Phi) is 4.40. The third-order valence-corrected chi connectivity index (χ3v) is 4.70. The first-order chi connectivity index (χ1) is 8.30. The van der Waals surface area contributed by atoms with Crippen LogP contribution >= 0.6 is 11.3 Å². The molecular weight excluding hydrogens is 230 g/mol. The summed E-state index contributed by atoms with van der Waals surface area (Å²) in [5.41, 5.74) is 1.34. The van der Waals surface area contributed by atoms with Gasteiger partial charge < -0.3 is 10.2 Å². The van der Waals surface area contributed by atoms with Crippen LogP contribution in [0.5, 0.6) is 0 Å². The molecule has 1 atom stereocenters. The summed E-state index contributed by atoms with van der Waals surface area (Å²) >= 11 is 1.89. The number of rotatable bonds is 5. The van der Waals surface area contributed by atoms with Crippen LogP contribution in [-0.4, -0.2) is 24.6 Å². The molecular formula is C13H23N3S. The predicted molar refractivity (Wildman–Crippen MR) is 75.0 cm³/mol. The first kappa shape index (κ1) is 12.8. The lowest BCUT2D eigenvalue weighted by Crippen LogP contribution is -2.23. The Hall–Kier alpha value is -0.610. The van der Waals surface area contributed by atoms with E-state index in [4.69, 9.17) is 4.98 Å². The highest BCUT2D eigenvalue weighted by molar-refractivity contribution is 7.15. The van der Waals surface area contributed by atoms with E-state index in [0.29, 0.717) is 6.04 Å². The molecule has 1 aliphatic rings. The number of aryl methyl sites for hydroxylation is 1. The van der Waals surface area contributed by atoms with Gasteiger partial charge in [0.05, 0.1) is 5.69 Å². The van der Waals surface area contributed by atoms with Gasteiger partial charge in [0.2, 0.25) is 0 Å². The van der Waals surface area contributed by atoms with Gasteiger partial charge in [-0.1, -0.05) is 18.3 Å². The molecule has 0 bridgehead atoms. The van der Waals surface area contributed by atoms with Gasteiger partial charge in [0.1, 0.15) is 0 Å². The second-order valence-corrected chi connectivity index (χ2v) is 5.49. The van der Waals surface area contributed by atoms with Crippen molar-refractivity contribution in [1.82, 2.24) is 10.3 Å². The van der Waals surface area contributed by atoms with Crippen molar-refractivity contribution < 1.29 is 0 Å². The topological polar surface area (TPSA) is 28.2 Å². The molecule has 17 heavy (non-hydrogen) atoms. The molecule has 1 N–H and O–H groups in total. The van der Waals surface area contributed by atoms with Crippen LogP contribution in [0, 0.1) is 0 Å². The van der Waals surface area contributed by atoms with E-state index in [0.717, 1.165) is 26.1 Å². The lowest BCUT2D eigenvalue weighted by atomic mass is 9.98. The van der Waals surface area contributed by atoms with E-state index in [1.165, 1.54) is 28.5 Å². The van der Waals surface area contributed by atoms with E-state index in [1.54, 1.807) is 0 Å². The minimum absolute atomic E-state index is 0.547. The van der Waals surface area contributed by atoms with Gasteiger partial charge in [-0.25, -0.2) is 4.98 Å². The predicted octanol–water partition coefficient (Wildman–Crippen LogP) is 2.98. The molecule has 96 valence electrons. The molecule has 1 unspecified atom stereocenters. The van der Waals surface area contributed by atoms with Gasteiger partial charge in [-0.15, -0.1) is 0 Å². The standard InChI is InChI=1S/C13H23N3S/c1-4-14-10-8-7-9-11-12(10)17-13(15-11)16(5-2)6-3/h10,14H,4-9H2,1-3H3. The van der Waals surface area contributed by atoms with Crippen molar-refractivity contribution in [1.29, 1.82) is 0 Å². The van der Waals surface area contributed by atoms with Gasteiger partial charge in [-0.2, -0.15) is 0 Å². The van der Waals surface area contributed by atoms with Gasteiger partial charge in [-0.3, -0.25) is 0 Å².